The van der Waals surface area contributed by atoms with Crippen molar-refractivity contribution in [3.05, 3.63) is 148 Å². The number of nitro groups is 1. The van der Waals surface area contributed by atoms with Crippen molar-refractivity contribution in [3.63, 3.8) is 0 Å². The molecule has 1 saturated carbocycles. The Hall–Kier alpha value is -6.42. The number of benzene rings is 4. The van der Waals surface area contributed by atoms with Crippen LogP contribution in [-0.4, -0.2) is 76.9 Å². The summed E-state index contributed by atoms with van der Waals surface area (Å²) in [4.78, 5) is 44.4. The number of aldehydes is 1. The molecule has 4 aromatic carbocycles. The van der Waals surface area contributed by atoms with Gasteiger partial charge in [0.15, 0.2) is 0 Å². The van der Waals surface area contributed by atoms with Gasteiger partial charge in [0, 0.05) is 55.4 Å². The zero-order chi connectivity index (χ0) is 45.2. The number of aliphatic hydroxyl groups excluding tert-OH is 2. The van der Waals surface area contributed by atoms with Gasteiger partial charge in [0.1, 0.15) is 48.3 Å². The lowest BCUT2D eigenvalue weighted by Gasteiger charge is -2.59. The third kappa shape index (κ3) is 9.86. The molecule has 2 aliphatic carbocycles. The van der Waals surface area contributed by atoms with Gasteiger partial charge < -0.3 is 34.0 Å². The average Bonchev–Trinajstić information content (AvgIpc) is 3.30. The van der Waals surface area contributed by atoms with Gasteiger partial charge in [0.2, 0.25) is 5.79 Å². The SMILES string of the molecule is C=CCOC12Oc3ccc(Oc4cccc(C=O)c4)cc3C3C(CCCCO)C(CCCCO)C=C(C(=NOC)CC1N(Cc1ccc(F)cc1)C(=O)Oc1ccc([N+](=O)[O-])cc1)C32. The van der Waals surface area contributed by atoms with Crippen molar-refractivity contribution < 1.29 is 52.9 Å². The van der Waals surface area contributed by atoms with E-state index >= 15 is 0 Å². The summed E-state index contributed by atoms with van der Waals surface area (Å²) in [6.07, 6.45) is 7.85. The summed E-state index contributed by atoms with van der Waals surface area (Å²) in [7, 11) is 1.45. The number of carbonyl (C=O) groups is 2. The molecule has 1 fully saturated rings. The van der Waals surface area contributed by atoms with Gasteiger partial charge in [0.05, 0.1) is 23.2 Å². The minimum atomic E-state index is -1.65. The number of rotatable bonds is 20. The van der Waals surface area contributed by atoms with E-state index in [0.717, 1.165) is 30.3 Å². The number of oxime groups is 1. The number of hydrogen-bond acceptors (Lipinski definition) is 12. The monoisotopic (exact) mass is 877 g/mol. The molecule has 2 N–H and O–H groups in total. The van der Waals surface area contributed by atoms with Crippen molar-refractivity contribution in [2.24, 2.45) is 22.9 Å². The summed E-state index contributed by atoms with van der Waals surface area (Å²) in [5.41, 5.74) is 3.00. The van der Waals surface area contributed by atoms with E-state index in [4.69, 9.17) is 23.8 Å². The third-order valence-electron chi connectivity index (χ3n) is 12.2. The summed E-state index contributed by atoms with van der Waals surface area (Å²) in [6.45, 7) is 3.94. The number of non-ortho nitro benzene ring substituents is 1. The molecule has 0 radical (unpaired) electrons. The van der Waals surface area contributed by atoms with Crippen molar-refractivity contribution in [2.45, 2.75) is 69.2 Å². The number of nitro benzene ring substituents is 1. The quantitative estimate of drug-likeness (QED) is 0.0284. The highest BCUT2D eigenvalue weighted by molar-refractivity contribution is 6.03. The number of amides is 1. The molecule has 1 heterocycles. The molecule has 4 aromatic rings. The molecule has 64 heavy (non-hydrogen) atoms. The van der Waals surface area contributed by atoms with Gasteiger partial charge >= 0.3 is 6.09 Å². The second-order valence-electron chi connectivity index (χ2n) is 16.1. The lowest BCUT2D eigenvalue weighted by atomic mass is 9.55. The van der Waals surface area contributed by atoms with Crippen LogP contribution in [0, 0.1) is 33.7 Å². The third-order valence-corrected chi connectivity index (χ3v) is 12.2. The van der Waals surface area contributed by atoms with Crippen LogP contribution < -0.4 is 14.2 Å². The first kappa shape index (κ1) is 45.6. The Balaban J connectivity index is 1.44. The standard InChI is InChI=1S/C49H52FN3O11/c1-3-25-61-49-45(52(30-32-13-15-35(50)16-14-32)48(57)63-37-19-17-36(18-20-37)53(58)59)29-43(51-60-2)41-27-34(10-4-6-23-54)40(12-5-7-24-55)46(47(41)49)42-28-39(21-22-44(42)64-49)62-38-11-8-9-33(26-38)31-56/h3,8-9,11,13-22,26-28,31,34,40,45-47,54-55H,1,4-7,10,12,23-25,29-30H2,2H3. The fraction of sp³-hybridized carbons (Fsp3) is 0.367. The summed E-state index contributed by atoms with van der Waals surface area (Å²) in [5.74, 6) is -1.77. The van der Waals surface area contributed by atoms with Crippen molar-refractivity contribution >= 4 is 23.8 Å². The predicted octanol–water partition coefficient (Wildman–Crippen LogP) is 9.30. The molecular weight excluding hydrogens is 826 g/mol. The van der Waals surface area contributed by atoms with Crippen LogP contribution in [0.15, 0.2) is 120 Å². The first-order chi connectivity index (χ1) is 31.1. The molecule has 1 aliphatic heterocycles. The second kappa shape index (κ2) is 20.8. The van der Waals surface area contributed by atoms with Gasteiger partial charge in [-0.1, -0.05) is 54.4 Å². The van der Waals surface area contributed by atoms with Crippen LogP contribution in [0.3, 0.4) is 0 Å². The fourth-order valence-corrected chi connectivity index (χ4v) is 9.49. The molecule has 336 valence electrons. The van der Waals surface area contributed by atoms with Crippen molar-refractivity contribution in [2.75, 3.05) is 26.9 Å². The number of aliphatic hydroxyl groups is 2. The zero-order valence-electron chi connectivity index (χ0n) is 35.6. The van der Waals surface area contributed by atoms with Crippen LogP contribution in [0.5, 0.6) is 23.0 Å². The van der Waals surface area contributed by atoms with Crippen molar-refractivity contribution in [1.82, 2.24) is 4.90 Å². The second-order valence-corrected chi connectivity index (χ2v) is 16.1. The van der Waals surface area contributed by atoms with E-state index in [1.54, 1.807) is 48.5 Å². The maximum absolute atomic E-state index is 14.8. The predicted molar refractivity (Wildman–Crippen MR) is 235 cm³/mol. The van der Waals surface area contributed by atoms with Crippen molar-refractivity contribution in [3.8, 4) is 23.0 Å². The maximum Gasteiger partial charge on any atom is 0.416 e. The van der Waals surface area contributed by atoms with E-state index < -0.39 is 34.6 Å². The van der Waals surface area contributed by atoms with Crippen molar-refractivity contribution in [1.29, 1.82) is 0 Å². The van der Waals surface area contributed by atoms with Crippen LogP contribution in [-0.2, 0) is 16.1 Å². The molecule has 0 bridgehead atoms. The Kier molecular flexibility index (Phi) is 14.8. The Labute approximate surface area is 370 Å². The van der Waals surface area contributed by atoms with E-state index in [0.29, 0.717) is 59.8 Å². The highest BCUT2D eigenvalue weighted by Crippen LogP contribution is 2.62. The molecule has 7 rings (SSSR count). The summed E-state index contributed by atoms with van der Waals surface area (Å²) >= 11 is 0. The minimum Gasteiger partial charge on any atom is -0.459 e. The van der Waals surface area contributed by atoms with Gasteiger partial charge in [-0.05, 0) is 103 Å². The van der Waals surface area contributed by atoms with Gasteiger partial charge in [0.25, 0.3) is 5.69 Å². The first-order valence-corrected chi connectivity index (χ1v) is 21.4. The molecule has 0 aromatic heterocycles. The molecule has 0 spiro atoms. The summed E-state index contributed by atoms with van der Waals surface area (Å²) in [6, 6.07) is 22.2. The molecule has 14 nitrogen and oxygen atoms in total. The number of halogens is 1. The van der Waals surface area contributed by atoms with E-state index in [1.165, 1.54) is 48.4 Å². The summed E-state index contributed by atoms with van der Waals surface area (Å²) in [5, 5.41) is 35.9. The number of hydrogen-bond donors (Lipinski definition) is 2. The molecule has 6 atom stereocenters. The van der Waals surface area contributed by atoms with Crippen LogP contribution in [0.4, 0.5) is 14.9 Å². The van der Waals surface area contributed by atoms with Gasteiger partial charge in [-0.15, -0.1) is 6.58 Å². The normalized spacial score (nSPS) is 22.5. The summed E-state index contributed by atoms with van der Waals surface area (Å²) < 4.78 is 40.9. The van der Waals surface area contributed by atoms with Crippen LogP contribution in [0.1, 0.15) is 72.3 Å². The molecule has 1 amide bonds. The Morgan fingerprint density at radius 2 is 1.70 bits per heavy atom. The highest BCUT2D eigenvalue weighted by Gasteiger charge is 2.65. The average molecular weight is 878 g/mol. The highest BCUT2D eigenvalue weighted by atomic mass is 19.1. The van der Waals surface area contributed by atoms with Crippen LogP contribution in [0.2, 0.25) is 0 Å². The van der Waals surface area contributed by atoms with E-state index in [2.05, 4.69) is 17.8 Å². The lowest BCUT2D eigenvalue weighted by Crippen LogP contribution is -2.70. The zero-order valence-corrected chi connectivity index (χ0v) is 35.6. The smallest absolute Gasteiger partial charge is 0.416 e. The number of ether oxygens (including phenoxy) is 4. The number of nitrogens with zero attached hydrogens (tertiary/aromatic N) is 3. The molecule has 0 saturated heterocycles. The van der Waals surface area contributed by atoms with E-state index in [-0.39, 0.29) is 62.0 Å². The van der Waals surface area contributed by atoms with E-state index in [9.17, 15) is 34.3 Å². The number of carbonyl (C=O) groups excluding carboxylic acids is 2. The Morgan fingerprint density at radius 1 is 0.984 bits per heavy atom. The topological polar surface area (TPSA) is 179 Å². The molecule has 15 heteroatoms. The van der Waals surface area contributed by atoms with E-state index in [1.807, 2.05) is 12.1 Å². The fourth-order valence-electron chi connectivity index (χ4n) is 9.49. The number of unbranched alkanes of at least 4 members (excludes halogenated alkanes) is 2. The van der Waals surface area contributed by atoms with Gasteiger partial charge in [-0.25, -0.2) is 9.18 Å². The number of allylic oxidation sites excluding steroid dienone is 1. The Morgan fingerprint density at radius 3 is 2.39 bits per heavy atom. The van der Waals surface area contributed by atoms with Crippen LogP contribution >= 0.6 is 0 Å². The number of fused-ring (bicyclic) bond motifs is 2. The molecular formula is C49H52FN3O11. The lowest BCUT2D eigenvalue weighted by molar-refractivity contribution is -0.384. The van der Waals surface area contributed by atoms with Gasteiger partial charge in [-0.3, -0.25) is 19.8 Å². The molecule has 6 unspecified atom stereocenters. The first-order valence-electron chi connectivity index (χ1n) is 21.4. The van der Waals surface area contributed by atoms with Crippen LogP contribution in [0.25, 0.3) is 0 Å². The largest absolute Gasteiger partial charge is 0.459 e. The maximum atomic E-state index is 14.8. The minimum absolute atomic E-state index is 0.00422. The van der Waals surface area contributed by atoms with Gasteiger partial charge in [-0.2, -0.15) is 0 Å². The molecule has 3 aliphatic rings. The Bertz CT molecular complexity index is 2350.